The minimum absolute atomic E-state index is 0.389. The van der Waals surface area contributed by atoms with E-state index in [1.165, 1.54) is 0 Å². The number of aliphatic carboxylic acids is 1. The molecule has 0 fully saturated rings. The number of carboxylic acid groups (broad SMARTS) is 1. The van der Waals surface area contributed by atoms with Gasteiger partial charge in [-0.2, -0.15) is 0 Å². The van der Waals surface area contributed by atoms with Gasteiger partial charge in [-0.05, 0) is 22.0 Å². The lowest BCUT2D eigenvalue weighted by Crippen LogP contribution is -2.12. The fraction of sp³-hybridized carbons (Fsp3) is 0.273. The highest BCUT2D eigenvalue weighted by atomic mass is 79.9. The van der Waals surface area contributed by atoms with E-state index in [4.69, 9.17) is 5.11 Å². The molecule has 0 amide bonds. The number of carbonyl (C=O) groups is 1. The highest BCUT2D eigenvalue weighted by Gasteiger charge is 2.14. The number of aromatic nitrogens is 1. The third-order valence-electron chi connectivity index (χ3n) is 2.27. The second-order valence-electron chi connectivity index (χ2n) is 3.72. The highest BCUT2D eigenvalue weighted by molar-refractivity contribution is 9.10. The van der Waals surface area contributed by atoms with Crippen LogP contribution in [0.1, 0.15) is 12.6 Å². The molecule has 0 aromatic carbocycles. The lowest BCUT2D eigenvalue weighted by atomic mass is 10.1. The molecular weight excluding hydrogens is 322 g/mol. The van der Waals surface area contributed by atoms with E-state index in [2.05, 4.69) is 20.9 Å². The van der Waals surface area contributed by atoms with Gasteiger partial charge < -0.3 is 5.11 Å². The molecule has 17 heavy (non-hydrogen) atoms. The van der Waals surface area contributed by atoms with E-state index in [0.717, 1.165) is 20.1 Å². The average molecular weight is 332 g/mol. The number of halogens is 1. The molecule has 0 saturated heterocycles. The van der Waals surface area contributed by atoms with E-state index in [1.807, 2.05) is 16.8 Å². The monoisotopic (exact) mass is 331 g/mol. The topological polar surface area (TPSA) is 50.2 Å². The van der Waals surface area contributed by atoms with Crippen LogP contribution in [-0.2, 0) is 11.2 Å². The van der Waals surface area contributed by atoms with Crippen LogP contribution in [-0.4, -0.2) is 16.1 Å². The summed E-state index contributed by atoms with van der Waals surface area (Å²) in [7, 11) is 0. The predicted octanol–water partition coefficient (Wildman–Crippen LogP) is 3.90. The SMILES string of the molecule is CC(Cc1csc(-c2cc(Br)cs2)n1)C(=O)O. The van der Waals surface area contributed by atoms with E-state index >= 15 is 0 Å². The summed E-state index contributed by atoms with van der Waals surface area (Å²) in [5.41, 5.74) is 0.851. The Morgan fingerprint density at radius 2 is 2.29 bits per heavy atom. The normalized spacial score (nSPS) is 12.6. The standard InChI is InChI=1S/C11H10BrNO2S2/c1-6(11(14)15)2-8-5-17-10(13-8)9-3-7(12)4-16-9/h3-6H,2H2,1H3,(H,14,15). The fourth-order valence-electron chi connectivity index (χ4n) is 1.34. The molecule has 2 heterocycles. The summed E-state index contributed by atoms with van der Waals surface area (Å²) in [5, 5.41) is 13.7. The maximum absolute atomic E-state index is 10.8. The zero-order valence-corrected chi connectivity index (χ0v) is 12.2. The first-order valence-electron chi connectivity index (χ1n) is 4.98. The Morgan fingerprint density at radius 3 is 2.88 bits per heavy atom. The minimum atomic E-state index is -0.779. The minimum Gasteiger partial charge on any atom is -0.481 e. The van der Waals surface area contributed by atoms with Crippen molar-refractivity contribution < 1.29 is 9.90 Å². The quantitative estimate of drug-likeness (QED) is 0.924. The molecule has 0 saturated carbocycles. The van der Waals surface area contributed by atoms with Crippen LogP contribution in [0.4, 0.5) is 0 Å². The maximum atomic E-state index is 10.8. The third kappa shape index (κ3) is 3.14. The lowest BCUT2D eigenvalue weighted by molar-refractivity contribution is -0.141. The Bertz CT molecular complexity index is 535. The van der Waals surface area contributed by atoms with Crippen molar-refractivity contribution in [2.24, 2.45) is 5.92 Å². The fourth-order valence-corrected chi connectivity index (χ4v) is 3.68. The number of hydrogen-bond donors (Lipinski definition) is 1. The van der Waals surface area contributed by atoms with Gasteiger partial charge in [-0.15, -0.1) is 22.7 Å². The molecule has 2 aromatic rings. The van der Waals surface area contributed by atoms with E-state index in [1.54, 1.807) is 29.6 Å². The van der Waals surface area contributed by atoms with E-state index in [9.17, 15) is 4.79 Å². The van der Waals surface area contributed by atoms with Crippen LogP contribution in [0.2, 0.25) is 0 Å². The van der Waals surface area contributed by atoms with E-state index in [0.29, 0.717) is 6.42 Å². The first-order valence-corrected chi connectivity index (χ1v) is 7.53. The van der Waals surface area contributed by atoms with Gasteiger partial charge in [0.05, 0.1) is 16.5 Å². The van der Waals surface area contributed by atoms with Gasteiger partial charge in [0, 0.05) is 21.7 Å². The van der Waals surface area contributed by atoms with Crippen molar-refractivity contribution in [3.63, 3.8) is 0 Å². The van der Waals surface area contributed by atoms with Crippen LogP contribution in [0.5, 0.6) is 0 Å². The molecule has 0 aliphatic carbocycles. The summed E-state index contributed by atoms with van der Waals surface area (Å²) >= 11 is 6.59. The lowest BCUT2D eigenvalue weighted by Gasteiger charge is -2.01. The van der Waals surface area contributed by atoms with Crippen LogP contribution < -0.4 is 0 Å². The molecule has 2 rings (SSSR count). The van der Waals surface area contributed by atoms with E-state index < -0.39 is 5.97 Å². The van der Waals surface area contributed by atoms with Crippen LogP contribution in [0.15, 0.2) is 21.3 Å². The third-order valence-corrected chi connectivity index (χ3v) is 5.02. The van der Waals surface area contributed by atoms with Crippen LogP contribution >= 0.6 is 38.6 Å². The van der Waals surface area contributed by atoms with Crippen molar-refractivity contribution in [1.29, 1.82) is 0 Å². The number of rotatable bonds is 4. The molecule has 1 unspecified atom stereocenters. The van der Waals surface area contributed by atoms with Crippen LogP contribution in [0.25, 0.3) is 9.88 Å². The van der Waals surface area contributed by atoms with Gasteiger partial charge in [-0.3, -0.25) is 4.79 Å². The number of thiophene rings is 1. The average Bonchev–Trinajstić information content (AvgIpc) is 2.86. The van der Waals surface area contributed by atoms with Crippen LogP contribution in [0.3, 0.4) is 0 Å². The molecule has 0 aliphatic rings. The smallest absolute Gasteiger partial charge is 0.306 e. The van der Waals surface area contributed by atoms with Gasteiger partial charge in [0.1, 0.15) is 5.01 Å². The van der Waals surface area contributed by atoms with E-state index in [-0.39, 0.29) is 5.92 Å². The van der Waals surface area contributed by atoms with Crippen molar-refractivity contribution >= 4 is 44.6 Å². The molecule has 0 aliphatic heterocycles. The Labute approximate surface area is 115 Å². The zero-order valence-electron chi connectivity index (χ0n) is 9.01. The molecule has 0 spiro atoms. The second-order valence-corrected chi connectivity index (χ2v) is 6.40. The zero-order chi connectivity index (χ0) is 12.4. The van der Waals surface area contributed by atoms with Crippen LogP contribution in [0, 0.1) is 5.92 Å². The Balaban J connectivity index is 2.13. The summed E-state index contributed by atoms with van der Waals surface area (Å²) in [6.45, 7) is 1.70. The molecule has 1 atom stereocenters. The predicted molar refractivity (Wildman–Crippen MR) is 73.6 cm³/mol. The van der Waals surface area contributed by atoms with Gasteiger partial charge in [0.2, 0.25) is 0 Å². The first kappa shape index (κ1) is 12.7. The van der Waals surface area contributed by atoms with Crippen molar-refractivity contribution in [3.05, 3.63) is 27.0 Å². The maximum Gasteiger partial charge on any atom is 0.306 e. The molecule has 2 aromatic heterocycles. The Morgan fingerprint density at radius 1 is 1.53 bits per heavy atom. The summed E-state index contributed by atoms with van der Waals surface area (Å²) in [6.07, 6.45) is 0.485. The summed E-state index contributed by atoms with van der Waals surface area (Å²) in [6, 6.07) is 2.02. The molecule has 6 heteroatoms. The van der Waals surface area contributed by atoms with Gasteiger partial charge >= 0.3 is 5.97 Å². The molecule has 3 nitrogen and oxygen atoms in total. The largest absolute Gasteiger partial charge is 0.481 e. The molecule has 1 N–H and O–H groups in total. The van der Waals surface area contributed by atoms with Crippen molar-refractivity contribution in [2.75, 3.05) is 0 Å². The number of nitrogens with zero attached hydrogens (tertiary/aromatic N) is 1. The van der Waals surface area contributed by atoms with Gasteiger partial charge in [-0.25, -0.2) is 4.98 Å². The summed E-state index contributed by atoms with van der Waals surface area (Å²) in [5.74, 6) is -1.17. The molecule has 0 bridgehead atoms. The number of carboxylic acids is 1. The first-order chi connectivity index (χ1) is 8.06. The van der Waals surface area contributed by atoms with Crippen molar-refractivity contribution in [3.8, 4) is 9.88 Å². The molecular formula is C11H10BrNO2S2. The Hall–Kier alpha value is -0.720. The molecule has 0 radical (unpaired) electrons. The van der Waals surface area contributed by atoms with Gasteiger partial charge in [0.15, 0.2) is 0 Å². The Kier molecular flexibility index (Phi) is 3.96. The number of thiazole rings is 1. The van der Waals surface area contributed by atoms with Gasteiger partial charge in [0.25, 0.3) is 0 Å². The highest BCUT2D eigenvalue weighted by Crippen LogP contribution is 2.32. The summed E-state index contributed by atoms with van der Waals surface area (Å²) in [4.78, 5) is 16.3. The number of hydrogen-bond acceptors (Lipinski definition) is 4. The van der Waals surface area contributed by atoms with Gasteiger partial charge in [-0.1, -0.05) is 6.92 Å². The molecule has 90 valence electrons. The van der Waals surface area contributed by atoms with Crippen molar-refractivity contribution in [1.82, 2.24) is 4.98 Å². The van der Waals surface area contributed by atoms with Crippen molar-refractivity contribution in [2.45, 2.75) is 13.3 Å². The summed E-state index contributed by atoms with van der Waals surface area (Å²) < 4.78 is 1.05. The second kappa shape index (κ2) is 5.29.